The largest absolute Gasteiger partial charge is 0.495 e. The van der Waals surface area contributed by atoms with Crippen LogP contribution in [-0.4, -0.2) is 20.8 Å². The summed E-state index contributed by atoms with van der Waals surface area (Å²) in [5.41, 5.74) is 1.14. The Morgan fingerprint density at radius 2 is 2.00 bits per heavy atom. The molecule has 118 valence electrons. The van der Waals surface area contributed by atoms with Gasteiger partial charge in [0, 0.05) is 11.6 Å². The summed E-state index contributed by atoms with van der Waals surface area (Å²) in [4.78, 5) is 0. The van der Waals surface area contributed by atoms with Gasteiger partial charge in [-0.25, -0.2) is 0 Å². The van der Waals surface area contributed by atoms with Crippen molar-refractivity contribution in [2.45, 2.75) is 39.2 Å². The van der Waals surface area contributed by atoms with Crippen molar-refractivity contribution in [1.82, 2.24) is 5.32 Å². The van der Waals surface area contributed by atoms with Crippen molar-refractivity contribution in [1.29, 1.82) is 0 Å². The fourth-order valence-corrected chi connectivity index (χ4v) is 3.26. The first-order valence-corrected chi connectivity index (χ1v) is 8.15. The van der Waals surface area contributed by atoms with Crippen LogP contribution in [0.3, 0.4) is 0 Å². The minimum Gasteiger partial charge on any atom is -0.495 e. The highest BCUT2D eigenvalue weighted by atomic mass is 35.5. The molecule has 2 unspecified atom stereocenters. The molecular formula is C17H26ClNO2. The van der Waals surface area contributed by atoms with Gasteiger partial charge in [0.25, 0.3) is 0 Å². The first-order valence-electron chi connectivity index (χ1n) is 7.77. The Bertz CT molecular complexity index is 474. The molecule has 0 radical (unpaired) electrons. The summed E-state index contributed by atoms with van der Waals surface area (Å²) in [5.74, 6) is 2.78. The van der Waals surface area contributed by atoms with E-state index < -0.39 is 0 Å². The van der Waals surface area contributed by atoms with E-state index in [0.717, 1.165) is 30.2 Å². The lowest BCUT2D eigenvalue weighted by atomic mass is 9.89. The van der Waals surface area contributed by atoms with Crippen LogP contribution in [0.25, 0.3) is 0 Å². The fraction of sp³-hybridized carbons (Fsp3) is 0.647. The molecule has 1 aliphatic rings. The number of benzene rings is 1. The molecule has 0 spiro atoms. The number of methoxy groups -OCH3 is 2. The van der Waals surface area contributed by atoms with Crippen LogP contribution in [0.5, 0.6) is 11.5 Å². The molecule has 2 rings (SSSR count). The summed E-state index contributed by atoms with van der Waals surface area (Å²) in [5, 5.41) is 4.23. The molecule has 1 fully saturated rings. The Labute approximate surface area is 133 Å². The lowest BCUT2D eigenvalue weighted by molar-refractivity contribution is 0.330. The lowest BCUT2D eigenvalue weighted by Gasteiger charge is -2.28. The van der Waals surface area contributed by atoms with Crippen LogP contribution < -0.4 is 14.8 Å². The predicted octanol–water partition coefficient (Wildman–Crippen LogP) is 4.44. The van der Waals surface area contributed by atoms with Gasteiger partial charge in [-0.1, -0.05) is 25.4 Å². The molecule has 1 aliphatic carbocycles. The molecule has 3 nitrogen and oxygen atoms in total. The van der Waals surface area contributed by atoms with Crippen LogP contribution >= 0.6 is 11.6 Å². The Morgan fingerprint density at radius 1 is 1.29 bits per heavy atom. The van der Waals surface area contributed by atoms with Gasteiger partial charge in [-0.15, -0.1) is 0 Å². The smallest absolute Gasteiger partial charge is 0.146 e. The average Bonchev–Trinajstić information content (AvgIpc) is 3.32. The topological polar surface area (TPSA) is 30.5 Å². The molecule has 1 aromatic rings. The third-order valence-electron chi connectivity index (χ3n) is 4.36. The normalized spacial score (nSPS) is 17.4. The maximum absolute atomic E-state index is 6.41. The zero-order chi connectivity index (χ0) is 15.4. The highest BCUT2D eigenvalue weighted by Gasteiger charge is 2.35. The van der Waals surface area contributed by atoms with Crippen LogP contribution in [0, 0.1) is 11.8 Å². The Morgan fingerprint density at radius 3 is 2.52 bits per heavy atom. The molecule has 0 heterocycles. The highest BCUT2D eigenvalue weighted by molar-refractivity contribution is 6.33. The van der Waals surface area contributed by atoms with Crippen LogP contribution in [0.15, 0.2) is 12.1 Å². The second-order valence-corrected chi connectivity index (χ2v) is 6.21. The van der Waals surface area contributed by atoms with E-state index in [0.29, 0.717) is 16.7 Å². The standard InChI is InChI=1S/C17H26ClNO2/c1-5-10-19-16(11(2)12-6-7-12)13-8-9-14(20-3)15(18)17(13)21-4/h8-9,11-12,16,19H,5-7,10H2,1-4H3. The third-order valence-corrected chi connectivity index (χ3v) is 4.71. The van der Waals surface area contributed by atoms with Gasteiger partial charge in [-0.2, -0.15) is 0 Å². The summed E-state index contributed by atoms with van der Waals surface area (Å²) in [6.45, 7) is 5.50. The van der Waals surface area contributed by atoms with Gasteiger partial charge in [0.2, 0.25) is 0 Å². The number of halogens is 1. The molecular weight excluding hydrogens is 286 g/mol. The van der Waals surface area contributed by atoms with E-state index in [2.05, 4.69) is 25.2 Å². The van der Waals surface area contributed by atoms with Gasteiger partial charge in [0.05, 0.1) is 14.2 Å². The van der Waals surface area contributed by atoms with E-state index in [1.54, 1.807) is 14.2 Å². The Hall–Kier alpha value is -0.930. The molecule has 4 heteroatoms. The van der Waals surface area contributed by atoms with Gasteiger partial charge in [0.1, 0.15) is 16.5 Å². The van der Waals surface area contributed by atoms with Crippen molar-refractivity contribution in [3.05, 3.63) is 22.7 Å². The molecule has 0 aromatic heterocycles. The number of hydrogen-bond donors (Lipinski definition) is 1. The van der Waals surface area contributed by atoms with E-state index >= 15 is 0 Å². The van der Waals surface area contributed by atoms with Crippen molar-refractivity contribution in [3.63, 3.8) is 0 Å². The highest BCUT2D eigenvalue weighted by Crippen LogP contribution is 2.47. The quantitative estimate of drug-likeness (QED) is 0.769. The molecule has 1 saturated carbocycles. The first kappa shape index (κ1) is 16.4. The van der Waals surface area contributed by atoms with Crippen molar-refractivity contribution in [2.24, 2.45) is 11.8 Å². The van der Waals surface area contributed by atoms with Gasteiger partial charge in [-0.05, 0) is 49.8 Å². The van der Waals surface area contributed by atoms with E-state index in [4.69, 9.17) is 21.1 Å². The summed E-state index contributed by atoms with van der Waals surface area (Å²) in [6, 6.07) is 4.28. The number of hydrogen-bond acceptors (Lipinski definition) is 3. The summed E-state index contributed by atoms with van der Waals surface area (Å²) in [7, 11) is 3.29. The molecule has 2 atom stereocenters. The third kappa shape index (κ3) is 3.64. The molecule has 0 amide bonds. The molecule has 1 N–H and O–H groups in total. The first-order chi connectivity index (χ1) is 10.1. The molecule has 0 aliphatic heterocycles. The molecule has 21 heavy (non-hydrogen) atoms. The van der Waals surface area contributed by atoms with Crippen LogP contribution in [-0.2, 0) is 0 Å². The molecule has 0 bridgehead atoms. The molecule has 1 aromatic carbocycles. The number of rotatable bonds is 8. The van der Waals surface area contributed by atoms with Gasteiger partial charge < -0.3 is 14.8 Å². The van der Waals surface area contributed by atoms with Gasteiger partial charge in [0.15, 0.2) is 0 Å². The van der Waals surface area contributed by atoms with Crippen molar-refractivity contribution < 1.29 is 9.47 Å². The van der Waals surface area contributed by atoms with Crippen LogP contribution in [0.4, 0.5) is 0 Å². The predicted molar refractivity (Wildman–Crippen MR) is 87.5 cm³/mol. The second kappa shape index (κ2) is 7.37. The maximum atomic E-state index is 6.41. The van der Waals surface area contributed by atoms with E-state index in [1.807, 2.05) is 6.07 Å². The summed E-state index contributed by atoms with van der Waals surface area (Å²) >= 11 is 6.41. The van der Waals surface area contributed by atoms with E-state index in [-0.39, 0.29) is 6.04 Å². The summed E-state index contributed by atoms with van der Waals surface area (Å²) in [6.07, 6.45) is 3.77. The number of ether oxygens (including phenoxy) is 2. The monoisotopic (exact) mass is 311 g/mol. The van der Waals surface area contributed by atoms with Crippen molar-refractivity contribution in [3.8, 4) is 11.5 Å². The SMILES string of the molecule is CCCNC(c1ccc(OC)c(Cl)c1OC)C(C)C1CC1. The zero-order valence-electron chi connectivity index (χ0n) is 13.4. The van der Waals surface area contributed by atoms with Crippen LogP contribution in [0.2, 0.25) is 5.02 Å². The Balaban J connectivity index is 2.35. The minimum atomic E-state index is 0.274. The van der Waals surface area contributed by atoms with Crippen molar-refractivity contribution >= 4 is 11.6 Å². The van der Waals surface area contributed by atoms with Crippen molar-refractivity contribution in [2.75, 3.05) is 20.8 Å². The van der Waals surface area contributed by atoms with Gasteiger partial charge in [-0.3, -0.25) is 0 Å². The molecule has 0 saturated heterocycles. The fourth-order valence-electron chi connectivity index (χ4n) is 2.94. The number of nitrogens with one attached hydrogen (secondary N) is 1. The zero-order valence-corrected chi connectivity index (χ0v) is 14.2. The van der Waals surface area contributed by atoms with E-state index in [9.17, 15) is 0 Å². The van der Waals surface area contributed by atoms with Crippen LogP contribution in [0.1, 0.15) is 44.7 Å². The lowest BCUT2D eigenvalue weighted by Crippen LogP contribution is -2.29. The average molecular weight is 312 g/mol. The summed E-state index contributed by atoms with van der Waals surface area (Å²) < 4.78 is 10.9. The Kier molecular flexibility index (Phi) is 5.77. The maximum Gasteiger partial charge on any atom is 0.146 e. The van der Waals surface area contributed by atoms with E-state index in [1.165, 1.54) is 12.8 Å². The van der Waals surface area contributed by atoms with Gasteiger partial charge >= 0.3 is 0 Å². The minimum absolute atomic E-state index is 0.274. The second-order valence-electron chi connectivity index (χ2n) is 5.83.